The first-order chi connectivity index (χ1) is 9.08. The number of nitrogens with two attached hydrogens (primary N) is 1. The van der Waals surface area contributed by atoms with Gasteiger partial charge in [-0.3, -0.25) is 0 Å². The number of para-hydroxylation sites is 1. The maximum Gasteiger partial charge on any atom is 0.141 e. The Morgan fingerprint density at radius 3 is 2.68 bits per heavy atom. The van der Waals surface area contributed by atoms with Crippen LogP contribution in [0.3, 0.4) is 0 Å². The van der Waals surface area contributed by atoms with E-state index < -0.39 is 5.82 Å². The van der Waals surface area contributed by atoms with Crippen LogP contribution in [0.5, 0.6) is 5.75 Å². The van der Waals surface area contributed by atoms with E-state index in [9.17, 15) is 4.39 Å². The van der Waals surface area contributed by atoms with E-state index in [1.807, 2.05) is 31.2 Å². The average molecular weight is 280 g/mol. The fraction of sp³-hybridized carbons (Fsp3) is 0.200. The largest absolute Gasteiger partial charge is 0.489 e. The summed E-state index contributed by atoms with van der Waals surface area (Å²) in [7, 11) is 0. The van der Waals surface area contributed by atoms with Crippen molar-refractivity contribution in [3.63, 3.8) is 0 Å². The van der Waals surface area contributed by atoms with Crippen LogP contribution in [0, 0.1) is 5.82 Å². The van der Waals surface area contributed by atoms with Gasteiger partial charge in [-0.25, -0.2) is 4.39 Å². The van der Waals surface area contributed by atoms with Gasteiger partial charge in [0.25, 0.3) is 0 Å². The Labute approximate surface area is 117 Å². The van der Waals surface area contributed by atoms with Gasteiger partial charge in [-0.1, -0.05) is 35.9 Å². The van der Waals surface area contributed by atoms with Crippen molar-refractivity contribution in [3.8, 4) is 5.75 Å². The van der Waals surface area contributed by atoms with Gasteiger partial charge < -0.3 is 10.5 Å². The van der Waals surface area contributed by atoms with Crippen LogP contribution in [0.25, 0.3) is 0 Å². The third kappa shape index (κ3) is 3.46. The number of ether oxygens (including phenoxy) is 1. The van der Waals surface area contributed by atoms with Crippen LogP contribution >= 0.6 is 11.6 Å². The van der Waals surface area contributed by atoms with Crippen molar-refractivity contribution in [2.24, 2.45) is 5.73 Å². The Morgan fingerprint density at radius 2 is 2.00 bits per heavy atom. The van der Waals surface area contributed by atoms with Crippen molar-refractivity contribution < 1.29 is 9.13 Å². The molecule has 0 bridgehead atoms. The molecule has 2 nitrogen and oxygen atoms in total. The quantitative estimate of drug-likeness (QED) is 0.915. The second-order valence-corrected chi connectivity index (χ2v) is 4.77. The minimum Gasteiger partial charge on any atom is -0.489 e. The molecule has 2 aromatic rings. The molecule has 19 heavy (non-hydrogen) atoms. The van der Waals surface area contributed by atoms with E-state index in [1.165, 1.54) is 6.07 Å². The fourth-order valence-corrected chi connectivity index (χ4v) is 1.98. The third-order valence-electron chi connectivity index (χ3n) is 2.79. The van der Waals surface area contributed by atoms with Crippen LogP contribution in [-0.4, -0.2) is 0 Å². The second kappa shape index (κ2) is 6.04. The lowest BCUT2D eigenvalue weighted by Crippen LogP contribution is -2.08. The summed E-state index contributed by atoms with van der Waals surface area (Å²) in [5.41, 5.74) is 7.63. The summed E-state index contributed by atoms with van der Waals surface area (Å²) in [4.78, 5) is 0. The van der Waals surface area contributed by atoms with Gasteiger partial charge in [-0.05, 0) is 30.7 Å². The van der Waals surface area contributed by atoms with Gasteiger partial charge in [-0.15, -0.1) is 0 Å². The zero-order valence-electron chi connectivity index (χ0n) is 10.6. The van der Waals surface area contributed by atoms with Gasteiger partial charge >= 0.3 is 0 Å². The summed E-state index contributed by atoms with van der Waals surface area (Å²) in [6, 6.07) is 12.0. The Bertz CT molecular complexity index is 572. The molecule has 0 aliphatic carbocycles. The molecule has 0 spiro atoms. The summed E-state index contributed by atoms with van der Waals surface area (Å²) in [6.07, 6.45) is 0. The fourth-order valence-electron chi connectivity index (χ4n) is 1.78. The van der Waals surface area contributed by atoms with Gasteiger partial charge in [0.1, 0.15) is 18.2 Å². The standard InChI is InChI=1S/C15H15ClFNO/c1-10(18)12-4-2-3-5-15(12)19-9-11-6-7-14(17)13(16)8-11/h2-8,10H,9,18H2,1H3/t10-/m0/s1. The number of hydrogen-bond donors (Lipinski definition) is 1. The summed E-state index contributed by atoms with van der Waals surface area (Å²) in [5.74, 6) is 0.305. The number of benzene rings is 2. The topological polar surface area (TPSA) is 35.2 Å². The highest BCUT2D eigenvalue weighted by molar-refractivity contribution is 6.30. The molecule has 1 atom stereocenters. The molecule has 0 unspecified atom stereocenters. The molecule has 2 N–H and O–H groups in total. The van der Waals surface area contributed by atoms with Crippen LogP contribution in [0.4, 0.5) is 4.39 Å². The number of halogens is 2. The SMILES string of the molecule is C[C@H](N)c1ccccc1OCc1ccc(F)c(Cl)c1. The van der Waals surface area contributed by atoms with E-state index in [1.54, 1.807) is 12.1 Å². The lowest BCUT2D eigenvalue weighted by Gasteiger charge is -2.14. The molecule has 4 heteroatoms. The smallest absolute Gasteiger partial charge is 0.141 e. The molecule has 0 aliphatic rings. The van der Waals surface area contributed by atoms with Gasteiger partial charge in [0, 0.05) is 11.6 Å². The van der Waals surface area contributed by atoms with E-state index in [-0.39, 0.29) is 11.1 Å². The Morgan fingerprint density at radius 1 is 1.26 bits per heavy atom. The van der Waals surface area contributed by atoms with Gasteiger partial charge in [0.2, 0.25) is 0 Å². The van der Waals surface area contributed by atoms with Crippen molar-refractivity contribution >= 4 is 11.6 Å². The molecule has 0 saturated heterocycles. The van der Waals surface area contributed by atoms with Crippen molar-refractivity contribution in [2.75, 3.05) is 0 Å². The maximum absolute atomic E-state index is 13.0. The minimum absolute atomic E-state index is 0.0987. The van der Waals surface area contributed by atoms with Crippen LogP contribution in [-0.2, 0) is 6.61 Å². The molecular formula is C15H15ClFNO. The highest BCUT2D eigenvalue weighted by Crippen LogP contribution is 2.24. The normalized spacial score (nSPS) is 12.2. The van der Waals surface area contributed by atoms with Crippen LogP contribution < -0.4 is 10.5 Å². The van der Waals surface area contributed by atoms with E-state index in [0.29, 0.717) is 6.61 Å². The Hall–Kier alpha value is -1.58. The van der Waals surface area contributed by atoms with Crippen LogP contribution in [0.1, 0.15) is 24.1 Å². The molecule has 2 rings (SSSR count). The lowest BCUT2D eigenvalue weighted by molar-refractivity contribution is 0.301. The monoisotopic (exact) mass is 279 g/mol. The van der Waals surface area contributed by atoms with Crippen molar-refractivity contribution in [1.82, 2.24) is 0 Å². The maximum atomic E-state index is 13.0. The van der Waals surface area contributed by atoms with Crippen molar-refractivity contribution in [2.45, 2.75) is 19.6 Å². The predicted octanol–water partition coefficient (Wildman–Crippen LogP) is 4.08. The first-order valence-corrected chi connectivity index (χ1v) is 6.37. The molecule has 0 fully saturated rings. The molecule has 0 aliphatic heterocycles. The van der Waals surface area contributed by atoms with Gasteiger partial charge in [-0.2, -0.15) is 0 Å². The molecule has 0 amide bonds. The molecule has 100 valence electrons. The van der Waals surface area contributed by atoms with Gasteiger partial charge in [0.05, 0.1) is 5.02 Å². The molecule has 0 heterocycles. The first kappa shape index (κ1) is 13.8. The summed E-state index contributed by atoms with van der Waals surface area (Å²) < 4.78 is 18.8. The van der Waals surface area contributed by atoms with E-state index in [0.717, 1.165) is 16.9 Å². The summed E-state index contributed by atoms with van der Waals surface area (Å²) >= 11 is 5.73. The third-order valence-corrected chi connectivity index (χ3v) is 3.08. The van der Waals surface area contributed by atoms with Crippen LogP contribution in [0.2, 0.25) is 5.02 Å². The van der Waals surface area contributed by atoms with E-state index in [2.05, 4.69) is 0 Å². The van der Waals surface area contributed by atoms with Crippen molar-refractivity contribution in [1.29, 1.82) is 0 Å². The molecule has 0 aromatic heterocycles. The molecule has 2 aromatic carbocycles. The van der Waals surface area contributed by atoms with E-state index in [4.69, 9.17) is 22.1 Å². The Kier molecular flexibility index (Phi) is 4.40. The van der Waals surface area contributed by atoms with E-state index >= 15 is 0 Å². The predicted molar refractivity (Wildman–Crippen MR) is 74.8 cm³/mol. The highest BCUT2D eigenvalue weighted by atomic mass is 35.5. The minimum atomic E-state index is -0.429. The number of rotatable bonds is 4. The molecule has 0 saturated carbocycles. The summed E-state index contributed by atoms with van der Waals surface area (Å²) in [5, 5.41) is 0.0987. The average Bonchev–Trinajstić information content (AvgIpc) is 2.40. The van der Waals surface area contributed by atoms with Gasteiger partial charge in [0.15, 0.2) is 0 Å². The van der Waals surface area contributed by atoms with Crippen molar-refractivity contribution in [3.05, 3.63) is 64.4 Å². The zero-order chi connectivity index (χ0) is 13.8. The van der Waals surface area contributed by atoms with Crippen LogP contribution in [0.15, 0.2) is 42.5 Å². The zero-order valence-corrected chi connectivity index (χ0v) is 11.3. The second-order valence-electron chi connectivity index (χ2n) is 4.36. The summed E-state index contributed by atoms with van der Waals surface area (Å²) in [6.45, 7) is 2.22. The lowest BCUT2D eigenvalue weighted by atomic mass is 10.1. The highest BCUT2D eigenvalue weighted by Gasteiger charge is 2.08. The first-order valence-electron chi connectivity index (χ1n) is 5.99. The number of hydrogen-bond acceptors (Lipinski definition) is 2. The molecule has 0 radical (unpaired) electrons. The molecular weight excluding hydrogens is 265 g/mol. The Balaban J connectivity index is 2.12.